The third kappa shape index (κ3) is 3.85. The van der Waals surface area contributed by atoms with E-state index in [4.69, 9.17) is 15.9 Å². The molecule has 1 aliphatic carbocycles. The minimum atomic E-state index is -1.24. The van der Waals surface area contributed by atoms with Crippen LogP contribution in [0.25, 0.3) is 0 Å². The van der Waals surface area contributed by atoms with Crippen LogP contribution in [-0.2, 0) is 9.59 Å². The summed E-state index contributed by atoms with van der Waals surface area (Å²) in [6, 6.07) is -1.43. The number of carbonyl (C=O) groups is 2. The first-order chi connectivity index (χ1) is 7.04. The first-order valence-electron chi connectivity index (χ1n) is 4.93. The van der Waals surface area contributed by atoms with Crippen LogP contribution in [-0.4, -0.2) is 40.8 Å². The molecule has 0 heterocycles. The van der Waals surface area contributed by atoms with Gasteiger partial charge in [-0.1, -0.05) is 0 Å². The van der Waals surface area contributed by atoms with Crippen LogP contribution >= 0.6 is 0 Å². The zero-order chi connectivity index (χ0) is 11.4. The van der Waals surface area contributed by atoms with Crippen molar-refractivity contribution in [1.82, 2.24) is 5.32 Å². The largest absolute Gasteiger partial charge is 0.480 e. The predicted octanol–water partition coefficient (Wildman–Crippen LogP) is -1.32. The van der Waals surface area contributed by atoms with Crippen molar-refractivity contribution in [3.8, 4) is 0 Å². The van der Waals surface area contributed by atoms with Gasteiger partial charge >= 0.3 is 5.97 Å². The molecule has 0 bridgehead atoms. The standard InChI is InChI=1S/C9H16N2O4/c10-6(5-1-2-5)3-8(13)11-7(4-12)9(14)15/h5-7,12H,1-4,10H2,(H,11,13)(H,14,15)/t6?,7-/m0/s1. The number of nitrogens with one attached hydrogen (secondary N) is 1. The summed E-state index contributed by atoms with van der Waals surface area (Å²) in [5.41, 5.74) is 5.70. The van der Waals surface area contributed by atoms with E-state index in [0.717, 1.165) is 12.8 Å². The first-order valence-corrected chi connectivity index (χ1v) is 4.93. The molecule has 0 spiro atoms. The van der Waals surface area contributed by atoms with Gasteiger partial charge in [0, 0.05) is 12.5 Å². The molecule has 2 atom stereocenters. The maximum Gasteiger partial charge on any atom is 0.328 e. The molecule has 86 valence electrons. The number of aliphatic carboxylic acids is 1. The number of aliphatic hydroxyl groups is 1. The Balaban J connectivity index is 2.29. The Morgan fingerprint density at radius 3 is 2.47 bits per heavy atom. The molecule has 1 aliphatic rings. The van der Waals surface area contributed by atoms with E-state index in [1.54, 1.807) is 0 Å². The number of hydrogen-bond donors (Lipinski definition) is 4. The molecule has 0 aromatic heterocycles. The Hall–Kier alpha value is -1.14. The zero-order valence-electron chi connectivity index (χ0n) is 8.35. The van der Waals surface area contributed by atoms with Crippen LogP contribution in [0.3, 0.4) is 0 Å². The van der Waals surface area contributed by atoms with Crippen molar-refractivity contribution < 1.29 is 19.8 Å². The van der Waals surface area contributed by atoms with Crippen LogP contribution in [0.1, 0.15) is 19.3 Å². The number of rotatable bonds is 6. The van der Waals surface area contributed by atoms with Crippen molar-refractivity contribution in [2.75, 3.05) is 6.61 Å². The van der Waals surface area contributed by atoms with Gasteiger partial charge in [-0.25, -0.2) is 4.79 Å². The molecule has 0 aromatic carbocycles. The second-order valence-electron chi connectivity index (χ2n) is 3.85. The fraction of sp³-hybridized carbons (Fsp3) is 0.778. The van der Waals surface area contributed by atoms with E-state index >= 15 is 0 Å². The van der Waals surface area contributed by atoms with Crippen molar-refractivity contribution >= 4 is 11.9 Å². The average molecular weight is 216 g/mol. The molecule has 1 rings (SSSR count). The maximum atomic E-state index is 11.3. The maximum absolute atomic E-state index is 11.3. The topological polar surface area (TPSA) is 113 Å². The van der Waals surface area contributed by atoms with E-state index in [9.17, 15) is 9.59 Å². The first kappa shape index (κ1) is 11.9. The lowest BCUT2D eigenvalue weighted by molar-refractivity contribution is -0.143. The third-order valence-electron chi connectivity index (χ3n) is 2.46. The fourth-order valence-electron chi connectivity index (χ4n) is 1.34. The molecule has 5 N–H and O–H groups in total. The molecule has 1 amide bonds. The Bertz CT molecular complexity index is 252. The molecule has 6 nitrogen and oxygen atoms in total. The lowest BCUT2D eigenvalue weighted by Crippen LogP contribution is -2.45. The van der Waals surface area contributed by atoms with Gasteiger partial charge in [-0.3, -0.25) is 4.79 Å². The monoisotopic (exact) mass is 216 g/mol. The third-order valence-corrected chi connectivity index (χ3v) is 2.46. The Morgan fingerprint density at radius 1 is 1.47 bits per heavy atom. The smallest absolute Gasteiger partial charge is 0.328 e. The SMILES string of the molecule is NC(CC(=O)N[C@@H](CO)C(=O)O)C1CC1. The molecule has 0 aliphatic heterocycles. The van der Waals surface area contributed by atoms with Crippen LogP contribution in [0, 0.1) is 5.92 Å². The Kier molecular flexibility index (Phi) is 4.05. The number of carbonyl (C=O) groups excluding carboxylic acids is 1. The van der Waals surface area contributed by atoms with E-state index in [2.05, 4.69) is 5.32 Å². The van der Waals surface area contributed by atoms with Crippen molar-refractivity contribution in [1.29, 1.82) is 0 Å². The van der Waals surface area contributed by atoms with Crippen LogP contribution in [0.4, 0.5) is 0 Å². The number of nitrogens with two attached hydrogens (primary N) is 1. The van der Waals surface area contributed by atoms with Gasteiger partial charge in [-0.05, 0) is 18.8 Å². The zero-order valence-corrected chi connectivity index (χ0v) is 8.35. The lowest BCUT2D eigenvalue weighted by atomic mass is 10.1. The number of carboxylic acids is 1. The fourth-order valence-corrected chi connectivity index (χ4v) is 1.34. The van der Waals surface area contributed by atoms with E-state index in [1.807, 2.05) is 0 Å². The van der Waals surface area contributed by atoms with Crippen LogP contribution in [0.2, 0.25) is 0 Å². The van der Waals surface area contributed by atoms with Gasteiger partial charge in [-0.2, -0.15) is 0 Å². The van der Waals surface area contributed by atoms with Gasteiger partial charge in [-0.15, -0.1) is 0 Å². The number of amides is 1. The Labute approximate surface area is 87.5 Å². The minimum Gasteiger partial charge on any atom is -0.480 e. The van der Waals surface area contributed by atoms with E-state index in [1.165, 1.54) is 0 Å². The summed E-state index contributed by atoms with van der Waals surface area (Å²) in [5.74, 6) is -1.27. The van der Waals surface area contributed by atoms with E-state index < -0.39 is 24.5 Å². The summed E-state index contributed by atoms with van der Waals surface area (Å²) in [7, 11) is 0. The van der Waals surface area contributed by atoms with Gasteiger partial charge in [0.25, 0.3) is 0 Å². The van der Waals surface area contributed by atoms with Crippen LogP contribution in [0.15, 0.2) is 0 Å². The lowest BCUT2D eigenvalue weighted by Gasteiger charge is -2.14. The number of carboxylic acid groups (broad SMARTS) is 1. The quantitative estimate of drug-likeness (QED) is 0.439. The van der Waals surface area contributed by atoms with Crippen molar-refractivity contribution in [2.24, 2.45) is 11.7 Å². The normalized spacial score (nSPS) is 19.3. The number of aliphatic hydroxyl groups excluding tert-OH is 1. The van der Waals surface area contributed by atoms with Crippen LogP contribution in [0.5, 0.6) is 0 Å². The van der Waals surface area contributed by atoms with E-state index in [0.29, 0.717) is 5.92 Å². The summed E-state index contributed by atoms with van der Waals surface area (Å²) in [6.07, 6.45) is 2.20. The minimum absolute atomic E-state index is 0.119. The second kappa shape index (κ2) is 5.09. The molecule has 0 saturated heterocycles. The van der Waals surface area contributed by atoms with Gasteiger partial charge in [0.15, 0.2) is 0 Å². The Morgan fingerprint density at radius 2 is 2.07 bits per heavy atom. The van der Waals surface area contributed by atoms with Crippen molar-refractivity contribution in [2.45, 2.75) is 31.3 Å². The molecule has 0 aromatic rings. The van der Waals surface area contributed by atoms with Gasteiger partial charge in [0.05, 0.1) is 6.61 Å². The summed E-state index contributed by atoms with van der Waals surface area (Å²) in [6.45, 7) is -0.611. The van der Waals surface area contributed by atoms with Crippen molar-refractivity contribution in [3.05, 3.63) is 0 Å². The van der Waals surface area contributed by atoms with E-state index in [-0.39, 0.29) is 12.5 Å². The molecule has 1 unspecified atom stereocenters. The molecule has 1 fully saturated rings. The summed E-state index contributed by atoms with van der Waals surface area (Å²) in [4.78, 5) is 21.8. The molecule has 6 heteroatoms. The molecular formula is C9H16N2O4. The molecule has 0 radical (unpaired) electrons. The highest BCUT2D eigenvalue weighted by Gasteiger charge is 2.30. The van der Waals surface area contributed by atoms with Crippen molar-refractivity contribution in [3.63, 3.8) is 0 Å². The van der Waals surface area contributed by atoms with Crippen LogP contribution < -0.4 is 11.1 Å². The highest BCUT2D eigenvalue weighted by atomic mass is 16.4. The average Bonchev–Trinajstić information content (AvgIpc) is 2.96. The molecule has 15 heavy (non-hydrogen) atoms. The summed E-state index contributed by atoms with van der Waals surface area (Å²) in [5, 5.41) is 19.5. The van der Waals surface area contributed by atoms with Gasteiger partial charge < -0.3 is 21.3 Å². The second-order valence-corrected chi connectivity index (χ2v) is 3.85. The number of hydrogen-bond acceptors (Lipinski definition) is 4. The predicted molar refractivity (Wildman–Crippen MR) is 52.0 cm³/mol. The highest BCUT2D eigenvalue weighted by molar-refractivity contribution is 5.83. The molecular weight excluding hydrogens is 200 g/mol. The van der Waals surface area contributed by atoms with Gasteiger partial charge in [0.1, 0.15) is 6.04 Å². The highest BCUT2D eigenvalue weighted by Crippen LogP contribution is 2.32. The summed E-state index contributed by atoms with van der Waals surface area (Å²) >= 11 is 0. The molecule has 1 saturated carbocycles. The van der Waals surface area contributed by atoms with Gasteiger partial charge in [0.2, 0.25) is 5.91 Å². The summed E-state index contributed by atoms with van der Waals surface area (Å²) < 4.78 is 0.